The standard InChI is InChI=1S/C15H11N3O2/c16-9-11-1-3-12(4-2-11)10-17-18-14-7-5-13(6-8-14)15(19)20/h1-8,10,18H,(H,19,20)/p-1/b17-10-. The van der Waals surface area contributed by atoms with Crippen molar-refractivity contribution in [2.45, 2.75) is 0 Å². The fourth-order valence-electron chi connectivity index (χ4n) is 1.51. The lowest BCUT2D eigenvalue weighted by molar-refractivity contribution is -0.255. The summed E-state index contributed by atoms with van der Waals surface area (Å²) in [6, 6.07) is 15.1. The number of carbonyl (C=O) groups is 1. The summed E-state index contributed by atoms with van der Waals surface area (Å²) in [5.41, 5.74) is 5.00. The molecule has 0 aliphatic heterocycles. The van der Waals surface area contributed by atoms with Gasteiger partial charge in [-0.15, -0.1) is 0 Å². The Morgan fingerprint density at radius 2 is 1.80 bits per heavy atom. The zero-order chi connectivity index (χ0) is 14.4. The number of carboxylic acids is 1. The molecule has 0 saturated heterocycles. The molecule has 0 unspecified atom stereocenters. The highest BCUT2D eigenvalue weighted by molar-refractivity contribution is 5.86. The summed E-state index contributed by atoms with van der Waals surface area (Å²) in [5, 5.41) is 23.3. The number of rotatable bonds is 4. The van der Waals surface area contributed by atoms with E-state index >= 15 is 0 Å². The number of hydrazone groups is 1. The number of carbonyl (C=O) groups excluding carboxylic acids is 1. The molecule has 1 N–H and O–H groups in total. The number of carboxylic acid groups (broad SMARTS) is 1. The van der Waals surface area contributed by atoms with Crippen molar-refractivity contribution in [3.05, 3.63) is 65.2 Å². The van der Waals surface area contributed by atoms with Crippen LogP contribution in [0.1, 0.15) is 21.5 Å². The Morgan fingerprint density at radius 1 is 1.15 bits per heavy atom. The molecule has 0 amide bonds. The summed E-state index contributed by atoms with van der Waals surface area (Å²) >= 11 is 0. The second-order valence-corrected chi connectivity index (χ2v) is 3.97. The van der Waals surface area contributed by atoms with Crippen LogP contribution in [0.2, 0.25) is 0 Å². The van der Waals surface area contributed by atoms with Crippen LogP contribution in [0.25, 0.3) is 0 Å². The topological polar surface area (TPSA) is 88.3 Å². The van der Waals surface area contributed by atoms with Gasteiger partial charge in [-0.3, -0.25) is 5.43 Å². The van der Waals surface area contributed by atoms with E-state index in [2.05, 4.69) is 10.5 Å². The van der Waals surface area contributed by atoms with Gasteiger partial charge in [-0.2, -0.15) is 10.4 Å². The van der Waals surface area contributed by atoms with Crippen LogP contribution in [0.4, 0.5) is 5.69 Å². The normalized spacial score (nSPS) is 10.2. The monoisotopic (exact) mass is 264 g/mol. The van der Waals surface area contributed by atoms with E-state index in [4.69, 9.17) is 5.26 Å². The first-order chi connectivity index (χ1) is 9.69. The van der Waals surface area contributed by atoms with Crippen LogP contribution in [-0.2, 0) is 0 Å². The van der Waals surface area contributed by atoms with E-state index in [0.29, 0.717) is 11.3 Å². The van der Waals surface area contributed by atoms with Crippen LogP contribution < -0.4 is 10.5 Å². The van der Waals surface area contributed by atoms with E-state index in [1.54, 1.807) is 42.6 Å². The predicted octanol–water partition coefficient (Wildman–Crippen LogP) is 1.37. The minimum atomic E-state index is -1.21. The van der Waals surface area contributed by atoms with Gasteiger partial charge in [0, 0.05) is 0 Å². The highest BCUT2D eigenvalue weighted by atomic mass is 16.4. The van der Waals surface area contributed by atoms with Gasteiger partial charge in [-0.05, 0) is 35.4 Å². The van der Waals surface area contributed by atoms with Gasteiger partial charge in [-0.1, -0.05) is 24.3 Å². The molecule has 0 atom stereocenters. The van der Waals surface area contributed by atoms with Crippen LogP contribution in [0.15, 0.2) is 53.6 Å². The number of nitriles is 1. The fraction of sp³-hybridized carbons (Fsp3) is 0. The third-order valence-corrected chi connectivity index (χ3v) is 2.57. The number of hydrogen-bond acceptors (Lipinski definition) is 5. The SMILES string of the molecule is N#Cc1ccc(/C=N\Nc2ccc(C(=O)[O-])cc2)cc1. The Morgan fingerprint density at radius 3 is 2.35 bits per heavy atom. The van der Waals surface area contributed by atoms with Gasteiger partial charge in [0.25, 0.3) is 0 Å². The van der Waals surface area contributed by atoms with Gasteiger partial charge in [-0.25, -0.2) is 0 Å². The lowest BCUT2D eigenvalue weighted by atomic mass is 10.2. The number of benzene rings is 2. The van der Waals surface area contributed by atoms with Crippen molar-refractivity contribution in [2.75, 3.05) is 5.43 Å². The van der Waals surface area contributed by atoms with Crippen LogP contribution in [0.3, 0.4) is 0 Å². The molecular formula is C15H10N3O2-. The molecule has 98 valence electrons. The largest absolute Gasteiger partial charge is 0.545 e. The van der Waals surface area contributed by atoms with Crippen molar-refractivity contribution < 1.29 is 9.90 Å². The smallest absolute Gasteiger partial charge is 0.0991 e. The van der Waals surface area contributed by atoms with Gasteiger partial charge in [0.2, 0.25) is 0 Å². The molecule has 2 rings (SSSR count). The maximum absolute atomic E-state index is 10.6. The molecule has 0 saturated carbocycles. The zero-order valence-electron chi connectivity index (χ0n) is 10.4. The van der Waals surface area contributed by atoms with Crippen molar-refractivity contribution in [3.8, 4) is 6.07 Å². The molecular weight excluding hydrogens is 254 g/mol. The van der Waals surface area contributed by atoms with E-state index in [9.17, 15) is 9.90 Å². The van der Waals surface area contributed by atoms with Gasteiger partial charge in [0.05, 0.1) is 29.5 Å². The van der Waals surface area contributed by atoms with Crippen LogP contribution >= 0.6 is 0 Å². The highest BCUT2D eigenvalue weighted by Gasteiger charge is 1.94. The molecule has 5 nitrogen and oxygen atoms in total. The number of nitrogens with zero attached hydrogens (tertiary/aromatic N) is 2. The molecule has 0 heterocycles. The van der Waals surface area contributed by atoms with E-state index in [0.717, 1.165) is 5.56 Å². The van der Waals surface area contributed by atoms with E-state index in [1.165, 1.54) is 12.1 Å². The molecule has 20 heavy (non-hydrogen) atoms. The predicted molar refractivity (Wildman–Crippen MR) is 73.1 cm³/mol. The summed E-state index contributed by atoms with van der Waals surface area (Å²) in [5.74, 6) is -1.21. The second-order valence-electron chi connectivity index (χ2n) is 3.97. The molecule has 0 aromatic heterocycles. The molecule has 0 spiro atoms. The minimum absolute atomic E-state index is 0.117. The average Bonchev–Trinajstić information content (AvgIpc) is 2.48. The molecule has 2 aromatic rings. The van der Waals surface area contributed by atoms with Gasteiger partial charge in [0.15, 0.2) is 0 Å². The lowest BCUT2D eigenvalue weighted by Gasteiger charge is -2.03. The second kappa shape index (κ2) is 6.16. The molecule has 0 radical (unpaired) electrons. The molecule has 0 aliphatic carbocycles. The van der Waals surface area contributed by atoms with Crippen LogP contribution in [-0.4, -0.2) is 12.2 Å². The minimum Gasteiger partial charge on any atom is -0.545 e. The Labute approximate surface area is 115 Å². The summed E-state index contributed by atoms with van der Waals surface area (Å²) < 4.78 is 0. The number of anilines is 1. The number of hydrogen-bond donors (Lipinski definition) is 1. The van der Waals surface area contributed by atoms with Gasteiger partial charge >= 0.3 is 0 Å². The van der Waals surface area contributed by atoms with Gasteiger partial charge in [0.1, 0.15) is 0 Å². The Balaban J connectivity index is 1.98. The first kappa shape index (κ1) is 13.3. The first-order valence-corrected chi connectivity index (χ1v) is 5.80. The molecule has 0 fully saturated rings. The van der Waals surface area contributed by atoms with Crippen molar-refractivity contribution in [2.24, 2.45) is 5.10 Å². The number of nitrogens with one attached hydrogen (secondary N) is 1. The quantitative estimate of drug-likeness (QED) is 0.667. The maximum Gasteiger partial charge on any atom is 0.0991 e. The molecule has 0 aliphatic rings. The summed E-state index contributed by atoms with van der Waals surface area (Å²) in [4.78, 5) is 10.6. The van der Waals surface area contributed by atoms with Crippen LogP contribution in [0.5, 0.6) is 0 Å². The van der Waals surface area contributed by atoms with E-state index in [-0.39, 0.29) is 5.56 Å². The first-order valence-electron chi connectivity index (χ1n) is 5.80. The summed E-state index contributed by atoms with van der Waals surface area (Å²) in [6.45, 7) is 0. The highest BCUT2D eigenvalue weighted by Crippen LogP contribution is 2.09. The third kappa shape index (κ3) is 3.43. The maximum atomic E-state index is 10.6. The fourth-order valence-corrected chi connectivity index (χ4v) is 1.51. The Bertz CT molecular complexity index is 668. The van der Waals surface area contributed by atoms with Crippen molar-refractivity contribution in [1.82, 2.24) is 0 Å². The van der Waals surface area contributed by atoms with E-state index < -0.39 is 5.97 Å². The van der Waals surface area contributed by atoms with Gasteiger partial charge < -0.3 is 9.90 Å². The van der Waals surface area contributed by atoms with Crippen molar-refractivity contribution >= 4 is 17.9 Å². The summed E-state index contributed by atoms with van der Waals surface area (Å²) in [7, 11) is 0. The third-order valence-electron chi connectivity index (χ3n) is 2.57. The van der Waals surface area contributed by atoms with E-state index in [1.807, 2.05) is 6.07 Å². The van der Waals surface area contributed by atoms with Crippen molar-refractivity contribution in [1.29, 1.82) is 5.26 Å². The zero-order valence-corrected chi connectivity index (χ0v) is 10.4. The van der Waals surface area contributed by atoms with Crippen LogP contribution in [0, 0.1) is 11.3 Å². The van der Waals surface area contributed by atoms with Crippen molar-refractivity contribution in [3.63, 3.8) is 0 Å². The molecule has 0 bridgehead atoms. The average molecular weight is 264 g/mol. The Hall–Kier alpha value is -3.13. The molecule has 5 heteroatoms. The summed E-state index contributed by atoms with van der Waals surface area (Å²) in [6.07, 6.45) is 1.60. The number of aromatic carboxylic acids is 1. The molecule has 2 aromatic carbocycles. The lowest BCUT2D eigenvalue weighted by Crippen LogP contribution is -2.21. The Kier molecular flexibility index (Phi) is 4.10.